The van der Waals surface area contributed by atoms with Crippen molar-refractivity contribution < 1.29 is 14.3 Å². The SMILES string of the molecule is COC(=O)c1ccc(NC(=O)CSc2ncn(-c3ccccc3)n2)cc1. The van der Waals surface area contributed by atoms with Crippen molar-refractivity contribution in [1.29, 1.82) is 0 Å². The molecule has 0 unspecified atom stereocenters. The van der Waals surface area contributed by atoms with Crippen LogP contribution in [0.15, 0.2) is 66.1 Å². The molecule has 0 fully saturated rings. The lowest BCUT2D eigenvalue weighted by Crippen LogP contribution is -2.14. The summed E-state index contributed by atoms with van der Waals surface area (Å²) in [5, 5.41) is 7.62. The molecule has 1 N–H and O–H groups in total. The van der Waals surface area contributed by atoms with Gasteiger partial charge in [-0.1, -0.05) is 30.0 Å². The lowest BCUT2D eigenvalue weighted by Gasteiger charge is -2.05. The van der Waals surface area contributed by atoms with Gasteiger partial charge in [0.05, 0.1) is 24.1 Å². The van der Waals surface area contributed by atoms with Crippen molar-refractivity contribution in [3.8, 4) is 5.69 Å². The molecule has 0 atom stereocenters. The van der Waals surface area contributed by atoms with Crippen LogP contribution in [-0.4, -0.2) is 39.5 Å². The number of nitrogens with zero attached hydrogens (tertiary/aromatic N) is 3. The third-order valence-electron chi connectivity index (χ3n) is 3.41. The number of carbonyl (C=O) groups excluding carboxylic acids is 2. The van der Waals surface area contributed by atoms with Gasteiger partial charge in [0.2, 0.25) is 11.1 Å². The fourth-order valence-corrected chi connectivity index (χ4v) is 2.75. The summed E-state index contributed by atoms with van der Waals surface area (Å²) < 4.78 is 6.29. The summed E-state index contributed by atoms with van der Waals surface area (Å²) >= 11 is 1.25. The number of benzene rings is 2. The van der Waals surface area contributed by atoms with Crippen LogP contribution < -0.4 is 5.32 Å². The Hall–Kier alpha value is -3.13. The van der Waals surface area contributed by atoms with Crippen LogP contribution in [0.1, 0.15) is 10.4 Å². The summed E-state index contributed by atoms with van der Waals surface area (Å²) in [5.74, 6) is -0.423. The van der Waals surface area contributed by atoms with Crippen molar-refractivity contribution in [1.82, 2.24) is 14.8 Å². The predicted molar refractivity (Wildman–Crippen MR) is 98.5 cm³/mol. The second-order valence-corrected chi connectivity index (χ2v) is 6.16. The molecule has 0 radical (unpaired) electrons. The van der Waals surface area contributed by atoms with Gasteiger partial charge in [-0.2, -0.15) is 0 Å². The van der Waals surface area contributed by atoms with Crippen LogP contribution >= 0.6 is 11.8 Å². The molecular weight excluding hydrogens is 352 g/mol. The molecule has 0 aliphatic carbocycles. The van der Waals surface area contributed by atoms with E-state index in [2.05, 4.69) is 20.1 Å². The molecule has 1 aromatic heterocycles. The Kier molecular flexibility index (Phi) is 5.65. The van der Waals surface area contributed by atoms with Crippen LogP contribution in [0.3, 0.4) is 0 Å². The minimum Gasteiger partial charge on any atom is -0.465 e. The van der Waals surface area contributed by atoms with Gasteiger partial charge in [-0.3, -0.25) is 4.79 Å². The average molecular weight is 368 g/mol. The van der Waals surface area contributed by atoms with E-state index in [4.69, 9.17) is 0 Å². The number of anilines is 1. The van der Waals surface area contributed by atoms with E-state index >= 15 is 0 Å². The fraction of sp³-hybridized carbons (Fsp3) is 0.111. The van der Waals surface area contributed by atoms with Crippen LogP contribution in [0, 0.1) is 0 Å². The summed E-state index contributed by atoms with van der Waals surface area (Å²) in [6, 6.07) is 16.1. The van der Waals surface area contributed by atoms with Crippen LogP contribution in [0.25, 0.3) is 5.69 Å². The summed E-state index contributed by atoms with van der Waals surface area (Å²) in [6.07, 6.45) is 1.61. The van der Waals surface area contributed by atoms with Crippen molar-refractivity contribution >= 4 is 29.3 Å². The average Bonchev–Trinajstić information content (AvgIpc) is 3.16. The molecule has 2 aromatic carbocycles. The second-order valence-electron chi connectivity index (χ2n) is 5.21. The number of ether oxygens (including phenoxy) is 1. The zero-order valence-electron chi connectivity index (χ0n) is 14.0. The topological polar surface area (TPSA) is 86.1 Å². The number of para-hydroxylation sites is 1. The Morgan fingerprint density at radius 1 is 1.12 bits per heavy atom. The number of esters is 1. The number of methoxy groups -OCH3 is 1. The molecule has 0 bridgehead atoms. The molecule has 0 saturated carbocycles. The molecule has 1 heterocycles. The number of amides is 1. The first-order valence-corrected chi connectivity index (χ1v) is 8.72. The van der Waals surface area contributed by atoms with Crippen LogP contribution in [-0.2, 0) is 9.53 Å². The molecular formula is C18H16N4O3S. The molecule has 26 heavy (non-hydrogen) atoms. The zero-order valence-corrected chi connectivity index (χ0v) is 14.8. The molecule has 0 spiro atoms. The molecule has 3 aromatic rings. The zero-order chi connectivity index (χ0) is 18.4. The maximum Gasteiger partial charge on any atom is 0.337 e. The first kappa shape index (κ1) is 17.7. The standard InChI is InChI=1S/C18H16N4O3S/c1-25-17(24)13-7-9-14(10-8-13)20-16(23)11-26-18-19-12-22(21-18)15-5-3-2-4-6-15/h2-10,12H,11H2,1H3,(H,20,23). The Bertz CT molecular complexity index is 894. The number of hydrogen-bond acceptors (Lipinski definition) is 6. The third kappa shape index (κ3) is 4.48. The van der Waals surface area contributed by atoms with E-state index in [0.29, 0.717) is 16.4 Å². The molecule has 3 rings (SSSR count). The van der Waals surface area contributed by atoms with Gasteiger partial charge in [0.1, 0.15) is 6.33 Å². The molecule has 8 heteroatoms. The van der Waals surface area contributed by atoms with E-state index < -0.39 is 5.97 Å². The summed E-state index contributed by atoms with van der Waals surface area (Å²) in [7, 11) is 1.32. The summed E-state index contributed by atoms with van der Waals surface area (Å²) in [4.78, 5) is 27.6. The van der Waals surface area contributed by atoms with Crippen LogP contribution in [0.4, 0.5) is 5.69 Å². The molecule has 7 nitrogen and oxygen atoms in total. The highest BCUT2D eigenvalue weighted by Crippen LogP contribution is 2.16. The largest absolute Gasteiger partial charge is 0.465 e. The van der Waals surface area contributed by atoms with Crippen molar-refractivity contribution in [2.75, 3.05) is 18.2 Å². The third-order valence-corrected chi connectivity index (χ3v) is 4.27. The molecule has 0 aliphatic rings. The number of hydrogen-bond donors (Lipinski definition) is 1. The Morgan fingerprint density at radius 2 is 1.85 bits per heavy atom. The number of rotatable bonds is 6. The highest BCUT2D eigenvalue weighted by atomic mass is 32.2. The molecule has 0 saturated heterocycles. The number of nitrogens with one attached hydrogen (secondary N) is 1. The van der Waals surface area contributed by atoms with Crippen LogP contribution in [0.2, 0.25) is 0 Å². The highest BCUT2D eigenvalue weighted by molar-refractivity contribution is 7.99. The van der Waals surface area contributed by atoms with Crippen molar-refractivity contribution in [2.45, 2.75) is 5.16 Å². The van der Waals surface area contributed by atoms with E-state index in [1.807, 2.05) is 30.3 Å². The van der Waals surface area contributed by atoms with Crippen molar-refractivity contribution in [2.24, 2.45) is 0 Å². The maximum atomic E-state index is 12.1. The normalized spacial score (nSPS) is 10.3. The summed E-state index contributed by atoms with van der Waals surface area (Å²) in [5.41, 5.74) is 1.93. The van der Waals surface area contributed by atoms with Gasteiger partial charge < -0.3 is 10.1 Å². The predicted octanol–water partition coefficient (Wildman–Crippen LogP) is 2.78. The van der Waals surface area contributed by atoms with E-state index in [1.165, 1.54) is 18.9 Å². The monoisotopic (exact) mass is 368 g/mol. The fourth-order valence-electron chi connectivity index (χ4n) is 2.15. The summed E-state index contributed by atoms with van der Waals surface area (Å²) in [6.45, 7) is 0. The van der Waals surface area contributed by atoms with Gasteiger partial charge in [-0.15, -0.1) is 5.10 Å². The minimum atomic E-state index is -0.418. The lowest BCUT2D eigenvalue weighted by molar-refractivity contribution is -0.113. The first-order valence-electron chi connectivity index (χ1n) is 7.74. The smallest absolute Gasteiger partial charge is 0.337 e. The second kappa shape index (κ2) is 8.30. The maximum absolute atomic E-state index is 12.1. The lowest BCUT2D eigenvalue weighted by atomic mass is 10.2. The van der Waals surface area contributed by atoms with Gasteiger partial charge in [0.25, 0.3) is 0 Å². The van der Waals surface area contributed by atoms with E-state index in [1.54, 1.807) is 35.3 Å². The number of carbonyl (C=O) groups is 2. The molecule has 0 aliphatic heterocycles. The Labute approximate surface area is 154 Å². The van der Waals surface area contributed by atoms with Crippen molar-refractivity contribution in [3.63, 3.8) is 0 Å². The quantitative estimate of drug-likeness (QED) is 0.532. The minimum absolute atomic E-state index is 0.178. The van der Waals surface area contributed by atoms with Gasteiger partial charge in [-0.05, 0) is 36.4 Å². The molecule has 132 valence electrons. The number of aromatic nitrogens is 3. The van der Waals surface area contributed by atoms with Gasteiger partial charge >= 0.3 is 5.97 Å². The Balaban J connectivity index is 1.53. The van der Waals surface area contributed by atoms with Crippen molar-refractivity contribution in [3.05, 3.63) is 66.5 Å². The Morgan fingerprint density at radius 3 is 2.54 bits per heavy atom. The van der Waals surface area contributed by atoms with Gasteiger partial charge in [0.15, 0.2) is 0 Å². The van der Waals surface area contributed by atoms with Gasteiger partial charge in [0, 0.05) is 5.69 Å². The van der Waals surface area contributed by atoms with Gasteiger partial charge in [-0.25, -0.2) is 14.5 Å². The first-order chi connectivity index (χ1) is 12.7. The van der Waals surface area contributed by atoms with E-state index in [9.17, 15) is 9.59 Å². The molecule has 1 amide bonds. The van der Waals surface area contributed by atoms with E-state index in [-0.39, 0.29) is 11.7 Å². The number of thioether (sulfide) groups is 1. The van der Waals surface area contributed by atoms with Crippen LogP contribution in [0.5, 0.6) is 0 Å². The van der Waals surface area contributed by atoms with E-state index in [0.717, 1.165) is 5.69 Å². The highest BCUT2D eigenvalue weighted by Gasteiger charge is 2.09.